The van der Waals surface area contributed by atoms with E-state index in [0.717, 1.165) is 5.70 Å². The van der Waals surface area contributed by atoms with E-state index in [1.54, 1.807) is 7.11 Å². The molecule has 0 saturated carbocycles. The van der Waals surface area contributed by atoms with Gasteiger partial charge in [-0.25, -0.2) is 9.98 Å². The van der Waals surface area contributed by atoms with E-state index >= 15 is 0 Å². The first-order chi connectivity index (χ1) is 5.70. The fourth-order valence-electron chi connectivity index (χ4n) is 0.563. The molecule has 0 aromatic rings. The second-order valence-corrected chi connectivity index (χ2v) is 2.26. The number of methoxy groups -OCH3 is 1. The van der Waals surface area contributed by atoms with Crippen molar-refractivity contribution in [3.63, 3.8) is 0 Å². The molecule has 0 aromatic heterocycles. The largest absolute Gasteiger partial charge is 0.383 e. The molecule has 4 heteroatoms. The van der Waals surface area contributed by atoms with Gasteiger partial charge in [0.1, 0.15) is 0 Å². The summed E-state index contributed by atoms with van der Waals surface area (Å²) in [7, 11) is 1.63. The Morgan fingerprint density at radius 1 is 1.58 bits per heavy atom. The van der Waals surface area contributed by atoms with Gasteiger partial charge in [0.25, 0.3) is 0 Å². The Bertz CT molecular complexity index is 187. The van der Waals surface area contributed by atoms with E-state index in [1.165, 1.54) is 0 Å². The van der Waals surface area contributed by atoms with Crippen molar-refractivity contribution in [2.75, 3.05) is 20.3 Å². The first kappa shape index (κ1) is 10.8. The number of guanidine groups is 1. The van der Waals surface area contributed by atoms with Crippen molar-refractivity contribution in [1.82, 2.24) is 5.32 Å². The monoisotopic (exact) mass is 169 g/mol. The highest BCUT2D eigenvalue weighted by Crippen LogP contribution is 1.83. The molecular formula is C8H15N3O. The molecule has 0 unspecified atom stereocenters. The molecule has 0 atom stereocenters. The number of nitrogens with zero attached hydrogens (tertiary/aromatic N) is 2. The predicted molar refractivity (Wildman–Crippen MR) is 51.7 cm³/mol. The molecule has 0 amide bonds. The molecule has 0 heterocycles. The minimum Gasteiger partial charge on any atom is -0.383 e. The molecule has 0 rings (SSSR count). The van der Waals surface area contributed by atoms with Crippen molar-refractivity contribution in [2.24, 2.45) is 9.98 Å². The minimum absolute atomic E-state index is 0.486. The fraction of sp³-hybridized carbons (Fsp3) is 0.500. The lowest BCUT2D eigenvalue weighted by Crippen LogP contribution is -2.19. The molecule has 0 bridgehead atoms. The summed E-state index contributed by atoms with van der Waals surface area (Å²) in [6.07, 6.45) is 0. The minimum atomic E-state index is 0.486. The van der Waals surface area contributed by atoms with Crippen LogP contribution in [0.25, 0.3) is 0 Å². The highest BCUT2D eigenvalue weighted by molar-refractivity contribution is 5.85. The SMILES string of the molecule is C=NC(=NCCOC)NC(=C)C. The number of hydrogen-bond donors (Lipinski definition) is 1. The normalized spacial score (nSPS) is 11.0. The number of allylic oxidation sites excluding steroid dienone is 1. The summed E-state index contributed by atoms with van der Waals surface area (Å²) < 4.78 is 4.82. The Morgan fingerprint density at radius 3 is 2.67 bits per heavy atom. The van der Waals surface area contributed by atoms with Gasteiger partial charge in [-0.1, -0.05) is 6.58 Å². The van der Waals surface area contributed by atoms with Gasteiger partial charge in [0.15, 0.2) is 0 Å². The van der Waals surface area contributed by atoms with Gasteiger partial charge in [0, 0.05) is 12.8 Å². The lowest BCUT2D eigenvalue weighted by Gasteiger charge is -2.02. The maximum Gasteiger partial charge on any atom is 0.221 e. The molecule has 0 aliphatic carbocycles. The topological polar surface area (TPSA) is 46.0 Å². The van der Waals surface area contributed by atoms with Crippen LogP contribution < -0.4 is 5.32 Å². The van der Waals surface area contributed by atoms with Crippen molar-refractivity contribution in [1.29, 1.82) is 0 Å². The molecule has 0 saturated heterocycles. The van der Waals surface area contributed by atoms with Crippen LogP contribution in [0, 0.1) is 0 Å². The molecule has 1 N–H and O–H groups in total. The maximum absolute atomic E-state index is 4.82. The summed E-state index contributed by atoms with van der Waals surface area (Å²) in [4.78, 5) is 7.74. The van der Waals surface area contributed by atoms with Crippen LogP contribution >= 0.6 is 0 Å². The van der Waals surface area contributed by atoms with Crippen LogP contribution in [-0.2, 0) is 4.74 Å². The van der Waals surface area contributed by atoms with Crippen molar-refractivity contribution in [2.45, 2.75) is 6.92 Å². The molecular weight excluding hydrogens is 154 g/mol. The highest BCUT2D eigenvalue weighted by Gasteiger charge is 1.91. The number of nitrogens with one attached hydrogen (secondary N) is 1. The standard InChI is InChI=1S/C8H15N3O/c1-7(2)11-8(9-3)10-5-6-12-4/h1,3,5-6H2,2,4H3,(H,10,11). The van der Waals surface area contributed by atoms with Crippen molar-refractivity contribution in [3.8, 4) is 0 Å². The zero-order chi connectivity index (χ0) is 9.40. The third kappa shape index (κ3) is 5.61. The van der Waals surface area contributed by atoms with Crippen molar-refractivity contribution < 1.29 is 4.74 Å². The van der Waals surface area contributed by atoms with Gasteiger partial charge >= 0.3 is 0 Å². The third-order valence-corrected chi connectivity index (χ3v) is 1.03. The van der Waals surface area contributed by atoms with Crippen LogP contribution in [0.1, 0.15) is 6.92 Å². The Hall–Kier alpha value is -1.16. The molecule has 4 nitrogen and oxygen atoms in total. The first-order valence-corrected chi connectivity index (χ1v) is 3.63. The summed E-state index contributed by atoms with van der Waals surface area (Å²) in [6, 6.07) is 0. The summed E-state index contributed by atoms with van der Waals surface area (Å²) in [6.45, 7) is 10.0. The Kier molecular flexibility index (Phi) is 5.91. The van der Waals surface area contributed by atoms with E-state index in [1.807, 2.05) is 6.92 Å². The van der Waals surface area contributed by atoms with Crippen molar-refractivity contribution >= 4 is 12.7 Å². The predicted octanol–water partition coefficient (Wildman–Crippen LogP) is 0.813. The number of ether oxygens (including phenoxy) is 1. The van der Waals surface area contributed by atoms with Crippen molar-refractivity contribution in [3.05, 3.63) is 12.3 Å². The van der Waals surface area contributed by atoms with E-state index < -0.39 is 0 Å². The molecule has 68 valence electrons. The Labute approximate surface area is 73.1 Å². The van der Waals surface area contributed by atoms with Crippen LogP contribution in [0.4, 0.5) is 0 Å². The van der Waals surface area contributed by atoms with E-state index in [0.29, 0.717) is 19.1 Å². The number of aliphatic imine (C=N–C) groups is 2. The first-order valence-electron chi connectivity index (χ1n) is 3.63. The molecule has 0 aromatic carbocycles. The number of hydrogen-bond acceptors (Lipinski definition) is 2. The molecule has 0 aliphatic rings. The van der Waals surface area contributed by atoms with Gasteiger partial charge in [-0.05, 0) is 13.6 Å². The van der Waals surface area contributed by atoms with Gasteiger partial charge in [-0.15, -0.1) is 0 Å². The van der Waals surface area contributed by atoms with Crippen LogP contribution in [0.15, 0.2) is 22.3 Å². The molecule has 12 heavy (non-hydrogen) atoms. The summed E-state index contributed by atoms with van der Waals surface area (Å²) in [5.41, 5.74) is 0.790. The Morgan fingerprint density at radius 2 is 2.25 bits per heavy atom. The van der Waals surface area contributed by atoms with Gasteiger partial charge in [-0.3, -0.25) is 0 Å². The van der Waals surface area contributed by atoms with Gasteiger partial charge < -0.3 is 10.1 Å². The van der Waals surface area contributed by atoms with Crippen LogP contribution in [0.5, 0.6) is 0 Å². The molecule has 0 fully saturated rings. The summed E-state index contributed by atoms with van der Waals surface area (Å²) >= 11 is 0. The van der Waals surface area contributed by atoms with E-state index in [4.69, 9.17) is 4.74 Å². The van der Waals surface area contributed by atoms with Crippen LogP contribution in [0.2, 0.25) is 0 Å². The van der Waals surface area contributed by atoms with Gasteiger partial charge in [-0.2, -0.15) is 0 Å². The van der Waals surface area contributed by atoms with E-state index in [2.05, 4.69) is 28.6 Å². The lowest BCUT2D eigenvalue weighted by atomic mass is 10.6. The maximum atomic E-state index is 4.82. The quantitative estimate of drug-likeness (QED) is 0.384. The lowest BCUT2D eigenvalue weighted by molar-refractivity contribution is 0.208. The van der Waals surface area contributed by atoms with Gasteiger partial charge in [0.2, 0.25) is 5.96 Å². The molecule has 0 radical (unpaired) electrons. The second kappa shape index (κ2) is 6.54. The zero-order valence-electron chi connectivity index (χ0n) is 7.63. The smallest absolute Gasteiger partial charge is 0.221 e. The van der Waals surface area contributed by atoms with Gasteiger partial charge in [0.05, 0.1) is 13.2 Å². The van der Waals surface area contributed by atoms with Crippen LogP contribution in [-0.4, -0.2) is 32.9 Å². The molecule has 0 spiro atoms. The third-order valence-electron chi connectivity index (χ3n) is 1.03. The Balaban J connectivity index is 3.86. The van der Waals surface area contributed by atoms with E-state index in [9.17, 15) is 0 Å². The summed E-state index contributed by atoms with van der Waals surface area (Å²) in [5, 5.41) is 2.86. The van der Waals surface area contributed by atoms with E-state index in [-0.39, 0.29) is 0 Å². The zero-order valence-corrected chi connectivity index (χ0v) is 7.63. The summed E-state index contributed by atoms with van der Waals surface area (Å²) in [5.74, 6) is 0.486. The average Bonchev–Trinajstić information content (AvgIpc) is 2.02. The van der Waals surface area contributed by atoms with Crippen LogP contribution in [0.3, 0.4) is 0 Å². The number of rotatable bonds is 4. The average molecular weight is 169 g/mol. The highest BCUT2D eigenvalue weighted by atomic mass is 16.5. The second-order valence-electron chi connectivity index (χ2n) is 2.26. The fourth-order valence-corrected chi connectivity index (χ4v) is 0.563. The molecule has 0 aliphatic heterocycles.